The van der Waals surface area contributed by atoms with Gasteiger partial charge in [-0.15, -0.1) is 0 Å². The lowest BCUT2D eigenvalue weighted by atomic mass is 10.0. The van der Waals surface area contributed by atoms with Crippen molar-refractivity contribution in [2.24, 2.45) is 0 Å². The summed E-state index contributed by atoms with van der Waals surface area (Å²) in [5.41, 5.74) is 1.61. The molecule has 2 aromatic carbocycles. The van der Waals surface area contributed by atoms with Crippen molar-refractivity contribution in [1.82, 2.24) is 0 Å². The van der Waals surface area contributed by atoms with E-state index in [-0.39, 0.29) is 11.9 Å². The van der Waals surface area contributed by atoms with Crippen molar-refractivity contribution in [3.63, 3.8) is 0 Å². The number of carbonyl (C=O) groups excluding carboxylic acids is 1. The molecule has 1 aliphatic heterocycles. The molecule has 0 spiro atoms. The first-order valence-corrected chi connectivity index (χ1v) is 6.66. The summed E-state index contributed by atoms with van der Waals surface area (Å²) in [7, 11) is 1.59. The lowest BCUT2D eigenvalue weighted by Crippen LogP contribution is -2.08. The van der Waals surface area contributed by atoms with Crippen LogP contribution in [-0.4, -0.2) is 19.0 Å². The second kappa shape index (κ2) is 5.27. The highest BCUT2D eigenvalue weighted by atomic mass is 35.5. The molecule has 2 atom stereocenters. The molecule has 1 heterocycles. The Hall–Kier alpha value is -1.84. The molecule has 3 rings (SSSR count). The van der Waals surface area contributed by atoms with E-state index in [9.17, 15) is 4.79 Å². The largest absolute Gasteiger partial charge is 0.497 e. The number of halogens is 1. The maximum atomic E-state index is 12.3. The van der Waals surface area contributed by atoms with Crippen LogP contribution in [0.2, 0.25) is 5.02 Å². The van der Waals surface area contributed by atoms with Crippen LogP contribution >= 0.6 is 11.6 Å². The first kappa shape index (κ1) is 13.2. The van der Waals surface area contributed by atoms with Crippen LogP contribution in [0.1, 0.15) is 22.0 Å². The Labute approximate surface area is 122 Å². The van der Waals surface area contributed by atoms with Crippen molar-refractivity contribution in [2.45, 2.75) is 12.2 Å². The molecule has 0 saturated carbocycles. The fourth-order valence-corrected chi connectivity index (χ4v) is 2.26. The van der Waals surface area contributed by atoms with Gasteiger partial charge >= 0.3 is 0 Å². The Morgan fingerprint density at radius 3 is 2.35 bits per heavy atom. The van der Waals surface area contributed by atoms with Crippen LogP contribution in [0, 0.1) is 0 Å². The maximum absolute atomic E-state index is 12.3. The van der Waals surface area contributed by atoms with Crippen molar-refractivity contribution >= 4 is 17.4 Å². The van der Waals surface area contributed by atoms with Gasteiger partial charge in [0.05, 0.1) is 7.11 Å². The summed E-state index contributed by atoms with van der Waals surface area (Å²) in [5.74, 6) is 0.722. The summed E-state index contributed by atoms with van der Waals surface area (Å²) in [5, 5.41) is 0.674. The molecule has 20 heavy (non-hydrogen) atoms. The van der Waals surface area contributed by atoms with Crippen molar-refractivity contribution in [1.29, 1.82) is 0 Å². The minimum Gasteiger partial charge on any atom is -0.497 e. The summed E-state index contributed by atoms with van der Waals surface area (Å²) in [6, 6.07) is 14.4. The molecule has 0 N–H and O–H groups in total. The van der Waals surface area contributed by atoms with Gasteiger partial charge in [0.1, 0.15) is 11.9 Å². The first-order valence-electron chi connectivity index (χ1n) is 6.28. The molecule has 2 aromatic rings. The van der Waals surface area contributed by atoms with Crippen LogP contribution in [-0.2, 0) is 4.74 Å². The van der Waals surface area contributed by atoms with Crippen LogP contribution in [0.15, 0.2) is 48.5 Å². The number of benzene rings is 2. The molecule has 0 radical (unpaired) electrons. The SMILES string of the molecule is COc1ccc(C(=O)[C@@H]2O[C@@H]2c2ccc(Cl)cc2)cc1. The van der Waals surface area contributed by atoms with Gasteiger partial charge in [-0.25, -0.2) is 0 Å². The van der Waals surface area contributed by atoms with E-state index in [2.05, 4.69) is 0 Å². The Morgan fingerprint density at radius 1 is 1.10 bits per heavy atom. The van der Waals surface area contributed by atoms with Crippen molar-refractivity contribution < 1.29 is 14.3 Å². The molecule has 102 valence electrons. The molecule has 0 amide bonds. The highest BCUT2D eigenvalue weighted by molar-refractivity contribution is 6.30. The normalized spacial score (nSPS) is 20.5. The summed E-state index contributed by atoms with van der Waals surface area (Å²) in [6.45, 7) is 0. The topological polar surface area (TPSA) is 38.8 Å². The van der Waals surface area contributed by atoms with Crippen LogP contribution in [0.3, 0.4) is 0 Å². The van der Waals surface area contributed by atoms with E-state index in [4.69, 9.17) is 21.1 Å². The summed E-state index contributed by atoms with van der Waals surface area (Å²) in [4.78, 5) is 12.3. The Balaban J connectivity index is 1.71. The minimum absolute atomic E-state index is 0.00685. The maximum Gasteiger partial charge on any atom is 0.194 e. The molecule has 4 heteroatoms. The van der Waals surface area contributed by atoms with E-state index in [0.29, 0.717) is 10.6 Å². The zero-order valence-electron chi connectivity index (χ0n) is 10.9. The highest BCUT2D eigenvalue weighted by Gasteiger charge is 2.46. The Morgan fingerprint density at radius 2 is 1.75 bits per heavy atom. The number of hydrogen-bond donors (Lipinski definition) is 0. The van der Waals surface area contributed by atoms with Crippen molar-refractivity contribution in [2.75, 3.05) is 7.11 Å². The van der Waals surface area contributed by atoms with Gasteiger partial charge in [-0.2, -0.15) is 0 Å². The average molecular weight is 289 g/mol. The molecule has 1 saturated heterocycles. The molecule has 1 aliphatic rings. The molecular formula is C16H13ClO3. The average Bonchev–Trinajstić information content (AvgIpc) is 3.28. The molecule has 0 aromatic heterocycles. The predicted octanol–water partition coefficient (Wildman–Crippen LogP) is 3.67. The van der Waals surface area contributed by atoms with Crippen molar-refractivity contribution in [3.05, 3.63) is 64.7 Å². The van der Waals surface area contributed by atoms with E-state index < -0.39 is 6.10 Å². The van der Waals surface area contributed by atoms with Crippen LogP contribution in [0.25, 0.3) is 0 Å². The first-order chi connectivity index (χ1) is 9.69. The van der Waals surface area contributed by atoms with Gasteiger partial charge < -0.3 is 9.47 Å². The van der Waals surface area contributed by atoms with Crippen LogP contribution in [0.5, 0.6) is 5.75 Å². The molecular weight excluding hydrogens is 276 g/mol. The Bertz CT molecular complexity index is 619. The second-order valence-corrected chi connectivity index (χ2v) is 5.06. The predicted molar refractivity (Wildman–Crippen MR) is 76.4 cm³/mol. The number of ketones is 1. The summed E-state index contributed by atoms with van der Waals surface area (Å²) < 4.78 is 10.6. The van der Waals surface area contributed by atoms with Gasteiger partial charge in [0.2, 0.25) is 0 Å². The van der Waals surface area contributed by atoms with Crippen LogP contribution in [0.4, 0.5) is 0 Å². The number of hydrogen-bond acceptors (Lipinski definition) is 3. The third-order valence-electron chi connectivity index (χ3n) is 3.32. The Kier molecular flexibility index (Phi) is 3.47. The molecule has 0 bridgehead atoms. The molecule has 3 nitrogen and oxygen atoms in total. The van der Waals surface area contributed by atoms with Gasteiger partial charge in [-0.1, -0.05) is 23.7 Å². The van der Waals surface area contributed by atoms with Gasteiger partial charge in [-0.3, -0.25) is 4.79 Å². The van der Waals surface area contributed by atoms with E-state index >= 15 is 0 Å². The van der Waals surface area contributed by atoms with Gasteiger partial charge in [0.25, 0.3) is 0 Å². The highest BCUT2D eigenvalue weighted by Crippen LogP contribution is 2.40. The number of carbonyl (C=O) groups is 1. The fraction of sp³-hybridized carbons (Fsp3) is 0.188. The molecule has 1 fully saturated rings. The lowest BCUT2D eigenvalue weighted by Gasteiger charge is -2.01. The van der Waals surface area contributed by atoms with Crippen LogP contribution < -0.4 is 4.74 Å². The van der Waals surface area contributed by atoms with E-state index in [1.165, 1.54) is 0 Å². The summed E-state index contributed by atoms with van der Waals surface area (Å²) in [6.07, 6.45) is -0.563. The third-order valence-corrected chi connectivity index (χ3v) is 3.58. The number of ether oxygens (including phenoxy) is 2. The fourth-order valence-electron chi connectivity index (χ4n) is 2.14. The van der Waals surface area contributed by atoms with E-state index in [1.807, 2.05) is 12.1 Å². The van der Waals surface area contributed by atoms with Gasteiger partial charge in [0.15, 0.2) is 11.9 Å². The number of epoxide rings is 1. The second-order valence-electron chi connectivity index (χ2n) is 4.62. The number of rotatable bonds is 4. The standard InChI is InChI=1S/C16H13ClO3/c1-19-13-8-4-10(5-9-13)14(18)16-15(20-16)11-2-6-12(17)7-3-11/h2-9,15-16H,1H3/t15-,16+/m1/s1. The zero-order chi connectivity index (χ0) is 14.1. The minimum atomic E-state index is -0.399. The third kappa shape index (κ3) is 2.55. The summed E-state index contributed by atoms with van der Waals surface area (Å²) >= 11 is 5.84. The zero-order valence-corrected chi connectivity index (χ0v) is 11.6. The molecule has 0 unspecified atom stereocenters. The van der Waals surface area contributed by atoms with E-state index in [0.717, 1.165) is 11.3 Å². The van der Waals surface area contributed by atoms with Crippen molar-refractivity contribution in [3.8, 4) is 5.75 Å². The van der Waals surface area contributed by atoms with Gasteiger partial charge in [0, 0.05) is 10.6 Å². The molecule has 0 aliphatic carbocycles. The monoisotopic (exact) mass is 288 g/mol. The lowest BCUT2D eigenvalue weighted by molar-refractivity contribution is 0.0953. The smallest absolute Gasteiger partial charge is 0.194 e. The van der Waals surface area contributed by atoms with E-state index in [1.54, 1.807) is 43.5 Å². The van der Waals surface area contributed by atoms with Gasteiger partial charge in [-0.05, 0) is 42.0 Å². The number of methoxy groups -OCH3 is 1. The number of Topliss-reactive ketones (excluding diaryl/α,β-unsaturated/α-hetero) is 1. The quantitative estimate of drug-likeness (QED) is 0.636.